The highest BCUT2D eigenvalue weighted by atomic mass is 16.6. The van der Waals surface area contributed by atoms with Gasteiger partial charge in [-0.2, -0.15) is 0 Å². The number of aliphatic hydroxyl groups excluding tert-OH is 1. The van der Waals surface area contributed by atoms with E-state index in [9.17, 15) is 19.5 Å². The number of rotatable bonds is 3. The molecule has 7 nitrogen and oxygen atoms in total. The Morgan fingerprint density at radius 2 is 1.77 bits per heavy atom. The summed E-state index contributed by atoms with van der Waals surface area (Å²) in [6, 6.07) is 0. The molecule has 218 valence electrons. The van der Waals surface area contributed by atoms with Crippen molar-refractivity contribution in [2.24, 2.45) is 51.8 Å². The fourth-order valence-electron chi connectivity index (χ4n) is 10.9. The molecular formula is C32H50N2O5. The quantitative estimate of drug-likeness (QED) is 0.524. The molecule has 39 heavy (non-hydrogen) atoms. The van der Waals surface area contributed by atoms with Crippen molar-refractivity contribution in [1.82, 2.24) is 10.2 Å². The maximum absolute atomic E-state index is 13.7. The third kappa shape index (κ3) is 4.14. The van der Waals surface area contributed by atoms with Gasteiger partial charge in [0.15, 0.2) is 0 Å². The molecule has 11 atom stereocenters. The Labute approximate surface area is 234 Å². The number of Topliss-reactive ketones (excluding diaryl/α,β-unsaturated/α-hetero) is 1. The van der Waals surface area contributed by atoms with Gasteiger partial charge in [0, 0.05) is 36.3 Å². The van der Waals surface area contributed by atoms with E-state index in [-0.39, 0.29) is 40.8 Å². The van der Waals surface area contributed by atoms with Crippen LogP contribution in [0.1, 0.15) is 98.3 Å². The van der Waals surface area contributed by atoms with E-state index in [1.165, 1.54) is 19.3 Å². The van der Waals surface area contributed by atoms with E-state index in [0.717, 1.165) is 51.6 Å². The molecule has 3 unspecified atom stereocenters. The van der Waals surface area contributed by atoms with Gasteiger partial charge in [-0.3, -0.25) is 14.9 Å². The topological polar surface area (TPSA) is 95.9 Å². The molecule has 6 rings (SSSR count). The smallest absolute Gasteiger partial charge is 0.414 e. The van der Waals surface area contributed by atoms with Gasteiger partial charge in [-0.15, -0.1) is 0 Å². The predicted molar refractivity (Wildman–Crippen MR) is 148 cm³/mol. The molecule has 6 fully saturated rings. The van der Waals surface area contributed by atoms with Crippen molar-refractivity contribution in [2.45, 2.75) is 111 Å². The maximum Gasteiger partial charge on any atom is 0.414 e. The lowest BCUT2D eigenvalue weighted by molar-refractivity contribution is -0.208. The Balaban J connectivity index is 1.34. The van der Waals surface area contributed by atoms with Crippen LogP contribution in [-0.2, 0) is 14.3 Å². The van der Waals surface area contributed by atoms with Crippen molar-refractivity contribution in [1.29, 1.82) is 0 Å². The number of ether oxygens (including phenoxy) is 1. The number of piperidine rings is 1. The standard InChI is InChI=1S/C32H50N2O5/c1-19-10-13-32-14-11-24(35)26(32)31(19,4)25(16-30(3,27(36)20(32)2)22-8-6-5-7-9-22)39-29(38)33-28(37)23-18-34-15-12-21(23)17-34/h19-23,25-27,36H,5-18H2,1-4H3,(H,33,37,38)/t19-,20+,21+,23+,25-,26?,27+,30+,31+,32?/m1/s1. The summed E-state index contributed by atoms with van der Waals surface area (Å²) in [7, 11) is 0. The van der Waals surface area contributed by atoms with Crippen LogP contribution in [0.2, 0.25) is 0 Å². The number of carbonyl (C=O) groups is 3. The largest absolute Gasteiger partial charge is 0.445 e. The average Bonchev–Trinajstić information content (AvgIpc) is 3.65. The molecule has 2 amide bonds. The molecule has 4 aliphatic carbocycles. The maximum atomic E-state index is 13.7. The summed E-state index contributed by atoms with van der Waals surface area (Å²) in [5.74, 6) is 0.526. The summed E-state index contributed by atoms with van der Waals surface area (Å²) in [5, 5.41) is 14.8. The molecule has 6 aliphatic rings. The molecule has 0 aromatic carbocycles. The van der Waals surface area contributed by atoms with Gasteiger partial charge in [0.05, 0.1) is 12.0 Å². The van der Waals surface area contributed by atoms with Gasteiger partial charge in [0.25, 0.3) is 0 Å². The summed E-state index contributed by atoms with van der Waals surface area (Å²) >= 11 is 0. The Kier molecular flexibility index (Phi) is 6.97. The normalized spacial score (nSPS) is 49.7. The Bertz CT molecular complexity index is 1010. The van der Waals surface area contributed by atoms with Crippen LogP contribution in [-0.4, -0.2) is 59.6 Å². The lowest BCUT2D eigenvalue weighted by atomic mass is 9.42. The number of amides is 2. The summed E-state index contributed by atoms with van der Waals surface area (Å²) < 4.78 is 6.37. The number of nitrogens with one attached hydrogen (secondary N) is 1. The molecule has 0 aromatic rings. The van der Waals surface area contributed by atoms with Crippen LogP contribution in [0.3, 0.4) is 0 Å². The van der Waals surface area contributed by atoms with E-state index in [2.05, 4.69) is 37.9 Å². The first kappa shape index (κ1) is 27.7. The second kappa shape index (κ2) is 9.82. The van der Waals surface area contributed by atoms with Gasteiger partial charge in [0.2, 0.25) is 5.91 Å². The molecule has 2 aliphatic heterocycles. The number of hydrogen-bond donors (Lipinski definition) is 2. The van der Waals surface area contributed by atoms with Crippen molar-refractivity contribution in [3.63, 3.8) is 0 Å². The van der Waals surface area contributed by atoms with Gasteiger partial charge in [0.1, 0.15) is 11.9 Å². The fourth-order valence-corrected chi connectivity index (χ4v) is 10.9. The lowest BCUT2D eigenvalue weighted by Crippen LogP contribution is -2.64. The molecule has 2 heterocycles. The Morgan fingerprint density at radius 3 is 2.44 bits per heavy atom. The molecule has 7 heteroatoms. The molecule has 0 spiro atoms. The van der Waals surface area contributed by atoms with E-state index in [1.807, 2.05) is 0 Å². The van der Waals surface area contributed by atoms with Crippen molar-refractivity contribution < 1.29 is 24.2 Å². The van der Waals surface area contributed by atoms with Crippen molar-refractivity contribution in [3.8, 4) is 0 Å². The number of aliphatic hydroxyl groups is 1. The lowest BCUT2D eigenvalue weighted by Gasteiger charge is -2.63. The van der Waals surface area contributed by atoms with Crippen LogP contribution in [0.4, 0.5) is 4.79 Å². The van der Waals surface area contributed by atoms with Crippen LogP contribution < -0.4 is 5.32 Å². The molecule has 2 saturated heterocycles. The van der Waals surface area contributed by atoms with Crippen LogP contribution >= 0.6 is 0 Å². The first-order valence-electron chi connectivity index (χ1n) is 16.0. The van der Waals surface area contributed by atoms with Crippen molar-refractivity contribution in [3.05, 3.63) is 0 Å². The minimum absolute atomic E-state index is 0.0110. The molecular weight excluding hydrogens is 492 g/mol. The zero-order chi connectivity index (χ0) is 27.7. The van der Waals surface area contributed by atoms with E-state index < -0.39 is 29.1 Å². The van der Waals surface area contributed by atoms with E-state index >= 15 is 0 Å². The summed E-state index contributed by atoms with van der Waals surface area (Å²) in [6.07, 6.45) is 8.75. The third-order valence-electron chi connectivity index (χ3n) is 13.5. The van der Waals surface area contributed by atoms with E-state index in [4.69, 9.17) is 4.74 Å². The van der Waals surface area contributed by atoms with Crippen molar-refractivity contribution in [2.75, 3.05) is 19.6 Å². The van der Waals surface area contributed by atoms with E-state index in [0.29, 0.717) is 31.2 Å². The molecule has 4 bridgehead atoms. The number of nitrogens with zero attached hydrogens (tertiary/aromatic N) is 1. The number of imide groups is 1. The monoisotopic (exact) mass is 542 g/mol. The second-order valence-corrected chi connectivity index (χ2v) is 15.0. The predicted octanol–water partition coefficient (Wildman–Crippen LogP) is 4.95. The SMILES string of the molecule is C[C@@H]1CCC23CCC(=O)C2[C@]1(C)[C@H](OC(=O)NC(=O)[C@H]1CN2CC[C@H]1C2)C[C@@](C)(C1CCCCC1)[C@@H](O)[C@@H]3C. The highest BCUT2D eigenvalue weighted by molar-refractivity contribution is 5.93. The number of carbonyl (C=O) groups excluding carboxylic acids is 3. The fraction of sp³-hybridized carbons (Fsp3) is 0.906. The van der Waals surface area contributed by atoms with Gasteiger partial charge in [-0.1, -0.05) is 47.0 Å². The highest BCUT2D eigenvalue weighted by Gasteiger charge is 2.69. The number of hydrogen-bond acceptors (Lipinski definition) is 6. The summed E-state index contributed by atoms with van der Waals surface area (Å²) in [5.41, 5.74) is -1.22. The van der Waals surface area contributed by atoms with E-state index in [1.54, 1.807) is 0 Å². The van der Waals surface area contributed by atoms with Crippen LogP contribution in [0.5, 0.6) is 0 Å². The van der Waals surface area contributed by atoms with Crippen LogP contribution in [0, 0.1) is 51.8 Å². The number of fused-ring (bicyclic) bond motifs is 2. The second-order valence-electron chi connectivity index (χ2n) is 15.0. The average molecular weight is 543 g/mol. The Hall–Kier alpha value is -1.47. The van der Waals surface area contributed by atoms with Gasteiger partial charge in [-0.05, 0) is 80.6 Å². The summed E-state index contributed by atoms with van der Waals surface area (Å²) in [4.78, 5) is 42.6. The molecule has 2 N–H and O–H groups in total. The highest BCUT2D eigenvalue weighted by Crippen LogP contribution is 2.68. The van der Waals surface area contributed by atoms with Gasteiger partial charge in [-0.25, -0.2) is 4.79 Å². The molecule has 0 radical (unpaired) electrons. The minimum atomic E-state index is -0.674. The number of alkyl carbamates (subject to hydrolysis) is 1. The first-order chi connectivity index (χ1) is 18.5. The van der Waals surface area contributed by atoms with Crippen molar-refractivity contribution >= 4 is 17.8 Å². The first-order valence-corrected chi connectivity index (χ1v) is 16.0. The molecule has 4 saturated carbocycles. The Morgan fingerprint density at radius 1 is 1.03 bits per heavy atom. The molecule has 0 aromatic heterocycles. The zero-order valence-corrected chi connectivity index (χ0v) is 24.5. The van der Waals surface area contributed by atoms with Gasteiger partial charge < -0.3 is 14.7 Å². The van der Waals surface area contributed by atoms with Gasteiger partial charge >= 0.3 is 6.09 Å². The third-order valence-corrected chi connectivity index (χ3v) is 13.5. The van der Waals surface area contributed by atoms with Crippen LogP contribution in [0.15, 0.2) is 0 Å². The minimum Gasteiger partial charge on any atom is -0.445 e. The zero-order valence-electron chi connectivity index (χ0n) is 24.5. The van der Waals surface area contributed by atoms with Crippen LogP contribution in [0.25, 0.3) is 0 Å². The summed E-state index contributed by atoms with van der Waals surface area (Å²) in [6.45, 7) is 11.5. The number of ketones is 1.